The molecule has 0 saturated heterocycles. The molecule has 0 unspecified atom stereocenters. The number of rotatable bonds is 3. The van der Waals surface area contributed by atoms with Crippen LogP contribution in [0.2, 0.25) is 0 Å². The van der Waals surface area contributed by atoms with E-state index in [0.29, 0.717) is 0 Å². The molecule has 0 saturated carbocycles. The Morgan fingerprint density at radius 2 is 1.86 bits per heavy atom. The SMILES string of the molecule is COc1ccc(B(O)O)c(OC)c1F. The van der Waals surface area contributed by atoms with E-state index in [1.807, 2.05) is 0 Å². The van der Waals surface area contributed by atoms with Gasteiger partial charge in [-0.25, -0.2) is 0 Å². The van der Waals surface area contributed by atoms with Crippen molar-refractivity contribution in [3.63, 3.8) is 0 Å². The number of ether oxygens (including phenoxy) is 2. The fourth-order valence-electron chi connectivity index (χ4n) is 1.12. The standard InChI is InChI=1S/C8H10BFO4/c1-13-6-4-3-5(9(11)12)8(14-2)7(6)10/h3-4,11-12H,1-2H3. The van der Waals surface area contributed by atoms with Gasteiger partial charge in [0, 0.05) is 5.46 Å². The smallest absolute Gasteiger partial charge is 0.492 e. The summed E-state index contributed by atoms with van der Waals surface area (Å²) in [5.41, 5.74) is -0.0363. The Morgan fingerprint density at radius 1 is 1.21 bits per heavy atom. The highest BCUT2D eigenvalue weighted by molar-refractivity contribution is 6.59. The molecule has 6 heteroatoms. The first-order valence-corrected chi connectivity index (χ1v) is 3.88. The van der Waals surface area contributed by atoms with Crippen LogP contribution < -0.4 is 14.9 Å². The van der Waals surface area contributed by atoms with Gasteiger partial charge in [0.15, 0.2) is 11.5 Å². The molecule has 0 amide bonds. The van der Waals surface area contributed by atoms with Gasteiger partial charge in [-0.05, 0) is 6.07 Å². The van der Waals surface area contributed by atoms with Gasteiger partial charge in [0.1, 0.15) is 0 Å². The lowest BCUT2D eigenvalue weighted by molar-refractivity contribution is 0.350. The molecule has 1 aromatic rings. The van der Waals surface area contributed by atoms with Crippen molar-refractivity contribution in [3.05, 3.63) is 17.9 Å². The molecule has 0 aliphatic carbocycles. The molecule has 0 spiro atoms. The number of halogens is 1. The number of benzene rings is 1. The van der Waals surface area contributed by atoms with Gasteiger partial charge in [0.2, 0.25) is 5.82 Å². The highest BCUT2D eigenvalue weighted by Gasteiger charge is 2.22. The van der Waals surface area contributed by atoms with Gasteiger partial charge in [-0.1, -0.05) is 6.07 Å². The molecule has 76 valence electrons. The molecular weight excluding hydrogens is 190 g/mol. The van der Waals surface area contributed by atoms with Crippen molar-refractivity contribution in [2.75, 3.05) is 14.2 Å². The molecule has 2 N–H and O–H groups in total. The summed E-state index contributed by atoms with van der Waals surface area (Å²) in [5.74, 6) is -0.980. The van der Waals surface area contributed by atoms with E-state index >= 15 is 0 Å². The lowest BCUT2D eigenvalue weighted by atomic mass is 9.79. The molecule has 0 fully saturated rings. The van der Waals surface area contributed by atoms with Gasteiger partial charge in [-0.3, -0.25) is 0 Å². The van der Waals surface area contributed by atoms with Crippen LogP contribution in [0.1, 0.15) is 0 Å². The molecule has 0 aliphatic rings. The van der Waals surface area contributed by atoms with Crippen molar-refractivity contribution >= 4 is 12.6 Å². The van der Waals surface area contributed by atoms with E-state index in [-0.39, 0.29) is 17.0 Å². The van der Waals surface area contributed by atoms with Gasteiger partial charge in [0.25, 0.3) is 0 Å². The average Bonchev–Trinajstić information content (AvgIpc) is 2.17. The van der Waals surface area contributed by atoms with Crippen LogP contribution in [0.25, 0.3) is 0 Å². The zero-order chi connectivity index (χ0) is 10.7. The minimum absolute atomic E-state index is 0.00810. The molecule has 1 aromatic carbocycles. The van der Waals surface area contributed by atoms with Crippen molar-refractivity contribution in [1.29, 1.82) is 0 Å². The van der Waals surface area contributed by atoms with Crippen molar-refractivity contribution in [2.24, 2.45) is 0 Å². The Kier molecular flexibility index (Phi) is 3.32. The highest BCUT2D eigenvalue weighted by atomic mass is 19.1. The summed E-state index contributed by atoms with van der Waals surface area (Å²) in [5, 5.41) is 17.8. The van der Waals surface area contributed by atoms with Crippen LogP contribution in [0.5, 0.6) is 11.5 Å². The van der Waals surface area contributed by atoms with Gasteiger partial charge in [-0.2, -0.15) is 4.39 Å². The van der Waals surface area contributed by atoms with Crippen LogP contribution in [0.3, 0.4) is 0 Å². The lowest BCUT2D eigenvalue weighted by Gasteiger charge is -2.11. The largest absolute Gasteiger partial charge is 0.494 e. The number of hydrogen-bond donors (Lipinski definition) is 2. The number of hydrogen-bond acceptors (Lipinski definition) is 4. The van der Waals surface area contributed by atoms with E-state index in [4.69, 9.17) is 19.5 Å². The van der Waals surface area contributed by atoms with Crippen LogP contribution in [0.15, 0.2) is 12.1 Å². The monoisotopic (exact) mass is 200 g/mol. The molecule has 0 aromatic heterocycles. The van der Waals surface area contributed by atoms with E-state index in [1.165, 1.54) is 26.4 Å². The summed E-state index contributed by atoms with van der Waals surface area (Å²) >= 11 is 0. The van der Waals surface area contributed by atoms with Gasteiger partial charge in [0.05, 0.1) is 14.2 Å². The lowest BCUT2D eigenvalue weighted by Crippen LogP contribution is -2.31. The summed E-state index contributed by atoms with van der Waals surface area (Å²) in [7, 11) is 0.779. The van der Waals surface area contributed by atoms with Crippen LogP contribution in [0.4, 0.5) is 4.39 Å². The molecule has 14 heavy (non-hydrogen) atoms. The second kappa shape index (κ2) is 4.30. The summed E-state index contributed by atoms with van der Waals surface area (Å²) in [4.78, 5) is 0. The number of methoxy groups -OCH3 is 2. The third-order valence-corrected chi connectivity index (χ3v) is 1.79. The summed E-state index contributed by atoms with van der Waals surface area (Å²) in [6.45, 7) is 0. The maximum Gasteiger partial charge on any atom is 0.492 e. The quantitative estimate of drug-likeness (QED) is 0.647. The second-order valence-corrected chi connectivity index (χ2v) is 2.58. The molecule has 0 aliphatic heterocycles. The topological polar surface area (TPSA) is 58.9 Å². The molecule has 0 heterocycles. The molecule has 0 radical (unpaired) electrons. The highest BCUT2D eigenvalue weighted by Crippen LogP contribution is 2.24. The Labute approximate surface area is 81.0 Å². The van der Waals surface area contributed by atoms with Crippen LogP contribution >= 0.6 is 0 Å². The average molecular weight is 200 g/mol. The van der Waals surface area contributed by atoms with Crippen molar-refractivity contribution < 1.29 is 23.9 Å². The zero-order valence-corrected chi connectivity index (χ0v) is 7.82. The first kappa shape index (κ1) is 10.8. The normalized spacial score (nSPS) is 9.79. The third kappa shape index (κ3) is 1.81. The Hall–Kier alpha value is -1.27. The maximum absolute atomic E-state index is 13.4. The fourth-order valence-corrected chi connectivity index (χ4v) is 1.12. The van der Waals surface area contributed by atoms with E-state index < -0.39 is 12.9 Å². The van der Waals surface area contributed by atoms with E-state index in [2.05, 4.69) is 0 Å². The van der Waals surface area contributed by atoms with Gasteiger partial charge in [-0.15, -0.1) is 0 Å². The molecule has 0 bridgehead atoms. The van der Waals surface area contributed by atoms with E-state index in [0.717, 1.165) is 0 Å². The summed E-state index contributed by atoms with van der Waals surface area (Å²) in [6, 6.07) is 2.62. The maximum atomic E-state index is 13.4. The van der Waals surface area contributed by atoms with Crippen LogP contribution in [-0.4, -0.2) is 31.4 Å². The predicted molar refractivity (Wildman–Crippen MR) is 49.3 cm³/mol. The van der Waals surface area contributed by atoms with Gasteiger partial charge < -0.3 is 19.5 Å². The third-order valence-electron chi connectivity index (χ3n) is 1.79. The Morgan fingerprint density at radius 3 is 2.29 bits per heavy atom. The summed E-state index contributed by atoms with van der Waals surface area (Å²) in [6.07, 6.45) is 0. The minimum atomic E-state index is -1.77. The minimum Gasteiger partial charge on any atom is -0.494 e. The van der Waals surface area contributed by atoms with E-state index in [1.54, 1.807) is 0 Å². The Bertz CT molecular complexity index is 329. The van der Waals surface area contributed by atoms with Gasteiger partial charge >= 0.3 is 7.12 Å². The molecule has 1 rings (SSSR count). The summed E-state index contributed by atoms with van der Waals surface area (Å²) < 4.78 is 22.8. The molecule has 0 atom stereocenters. The Balaban J connectivity index is 3.28. The second-order valence-electron chi connectivity index (χ2n) is 2.58. The zero-order valence-electron chi connectivity index (χ0n) is 7.82. The van der Waals surface area contributed by atoms with Crippen LogP contribution in [-0.2, 0) is 0 Å². The predicted octanol–water partition coefficient (Wildman–Crippen LogP) is -0.477. The first-order valence-electron chi connectivity index (χ1n) is 3.88. The van der Waals surface area contributed by atoms with Crippen molar-refractivity contribution in [1.82, 2.24) is 0 Å². The molecular formula is C8H10BFO4. The van der Waals surface area contributed by atoms with Crippen LogP contribution in [0, 0.1) is 5.82 Å². The van der Waals surface area contributed by atoms with Crippen molar-refractivity contribution in [3.8, 4) is 11.5 Å². The van der Waals surface area contributed by atoms with E-state index in [9.17, 15) is 4.39 Å². The molecule has 4 nitrogen and oxygen atoms in total. The fraction of sp³-hybridized carbons (Fsp3) is 0.250. The first-order chi connectivity index (χ1) is 6.61. The van der Waals surface area contributed by atoms with Crippen molar-refractivity contribution in [2.45, 2.75) is 0 Å².